The second-order valence-electron chi connectivity index (χ2n) is 7.25. The van der Waals surface area contributed by atoms with Crippen LogP contribution >= 0.6 is 0 Å². The van der Waals surface area contributed by atoms with E-state index in [4.69, 9.17) is 4.74 Å². The van der Waals surface area contributed by atoms with E-state index in [0.29, 0.717) is 5.92 Å². The lowest BCUT2D eigenvalue weighted by atomic mass is 10.1. The molecule has 2 aromatic rings. The van der Waals surface area contributed by atoms with Gasteiger partial charge >= 0.3 is 0 Å². The van der Waals surface area contributed by atoms with Crippen molar-refractivity contribution in [3.05, 3.63) is 42.2 Å². The number of ether oxygens (including phenoxy) is 1. The Morgan fingerprint density at radius 2 is 1.62 bits per heavy atom. The number of unbranched alkanes of at least 4 members (excludes halogenated alkanes) is 4. The van der Waals surface area contributed by atoms with Gasteiger partial charge in [-0.25, -0.2) is 9.97 Å². The zero-order chi connectivity index (χ0) is 18.6. The summed E-state index contributed by atoms with van der Waals surface area (Å²) in [4.78, 5) is 9.08. The van der Waals surface area contributed by atoms with E-state index in [2.05, 4.69) is 30.7 Å². The van der Waals surface area contributed by atoms with Gasteiger partial charge in [-0.1, -0.05) is 52.9 Å². The molecule has 1 atom stereocenters. The van der Waals surface area contributed by atoms with Crippen molar-refractivity contribution in [3.8, 4) is 17.1 Å². The maximum Gasteiger partial charge on any atom is 0.159 e. The van der Waals surface area contributed by atoms with Crippen LogP contribution in [-0.2, 0) is 6.42 Å². The fourth-order valence-electron chi connectivity index (χ4n) is 2.85. The summed E-state index contributed by atoms with van der Waals surface area (Å²) in [5, 5.41) is 0. The summed E-state index contributed by atoms with van der Waals surface area (Å²) in [6, 6.07) is 8.10. The van der Waals surface area contributed by atoms with Crippen LogP contribution in [0.4, 0.5) is 0 Å². The van der Waals surface area contributed by atoms with Crippen LogP contribution in [-0.4, -0.2) is 16.6 Å². The molecule has 2 rings (SSSR count). The smallest absolute Gasteiger partial charge is 0.159 e. The molecule has 0 aliphatic rings. The van der Waals surface area contributed by atoms with Gasteiger partial charge in [0.25, 0.3) is 0 Å². The Kier molecular flexibility index (Phi) is 9.16. The molecule has 142 valence electrons. The average Bonchev–Trinajstić information content (AvgIpc) is 2.69. The Balaban J connectivity index is 1.81. The van der Waals surface area contributed by atoms with Gasteiger partial charge in [0.2, 0.25) is 0 Å². The molecule has 3 heteroatoms. The standard InChI is InChI=1S/C23H34N2O/c1-4-6-7-8-9-10-20-17-24-23(25-18-20)21-11-13-22(14-12-21)26-16-15-19(3)5-2/h11-14,17-19H,4-10,15-16H2,1-3H3/t19-/m0/s1. The highest BCUT2D eigenvalue weighted by atomic mass is 16.5. The van der Waals surface area contributed by atoms with Crippen molar-refractivity contribution < 1.29 is 4.74 Å². The highest BCUT2D eigenvalue weighted by molar-refractivity contribution is 5.55. The topological polar surface area (TPSA) is 35.0 Å². The van der Waals surface area contributed by atoms with Crippen LogP contribution in [0.15, 0.2) is 36.7 Å². The third kappa shape index (κ3) is 7.15. The Morgan fingerprint density at radius 1 is 0.923 bits per heavy atom. The van der Waals surface area contributed by atoms with E-state index < -0.39 is 0 Å². The molecule has 0 unspecified atom stereocenters. The Bertz CT molecular complexity index is 607. The molecule has 0 N–H and O–H groups in total. The van der Waals surface area contributed by atoms with Crippen molar-refractivity contribution in [2.75, 3.05) is 6.61 Å². The zero-order valence-corrected chi connectivity index (χ0v) is 16.7. The summed E-state index contributed by atoms with van der Waals surface area (Å²) in [6.45, 7) is 7.51. The molecule has 1 aromatic heterocycles. The van der Waals surface area contributed by atoms with E-state index >= 15 is 0 Å². The van der Waals surface area contributed by atoms with Crippen molar-refractivity contribution >= 4 is 0 Å². The Morgan fingerprint density at radius 3 is 2.27 bits per heavy atom. The second-order valence-corrected chi connectivity index (χ2v) is 7.25. The summed E-state index contributed by atoms with van der Waals surface area (Å²) in [7, 11) is 0. The predicted molar refractivity (Wildman–Crippen MR) is 109 cm³/mol. The molecular weight excluding hydrogens is 320 g/mol. The number of rotatable bonds is 12. The van der Waals surface area contributed by atoms with Gasteiger partial charge in [0, 0.05) is 18.0 Å². The fourth-order valence-corrected chi connectivity index (χ4v) is 2.85. The molecule has 0 bridgehead atoms. The number of hydrogen-bond donors (Lipinski definition) is 0. The molecule has 3 nitrogen and oxygen atoms in total. The molecule has 0 amide bonds. The molecule has 0 fully saturated rings. The highest BCUT2D eigenvalue weighted by Gasteiger charge is 2.04. The first kappa shape index (κ1) is 20.4. The van der Waals surface area contributed by atoms with Crippen molar-refractivity contribution in [1.82, 2.24) is 9.97 Å². The number of aromatic nitrogens is 2. The number of nitrogens with zero attached hydrogens (tertiary/aromatic N) is 2. The monoisotopic (exact) mass is 354 g/mol. The molecule has 0 saturated heterocycles. The molecule has 26 heavy (non-hydrogen) atoms. The first-order valence-corrected chi connectivity index (χ1v) is 10.3. The molecule has 0 spiro atoms. The van der Waals surface area contributed by atoms with Crippen LogP contribution in [0.1, 0.15) is 71.3 Å². The third-order valence-electron chi connectivity index (χ3n) is 4.96. The van der Waals surface area contributed by atoms with E-state index in [1.165, 1.54) is 44.1 Å². The maximum atomic E-state index is 5.82. The normalized spacial score (nSPS) is 12.1. The Labute approximate surface area is 159 Å². The quantitative estimate of drug-likeness (QED) is 0.410. The van der Waals surface area contributed by atoms with E-state index in [0.717, 1.165) is 36.6 Å². The van der Waals surface area contributed by atoms with Crippen LogP contribution in [0.25, 0.3) is 11.4 Å². The summed E-state index contributed by atoms with van der Waals surface area (Å²) in [5.74, 6) is 2.42. The zero-order valence-electron chi connectivity index (χ0n) is 16.7. The van der Waals surface area contributed by atoms with Crippen molar-refractivity contribution in [1.29, 1.82) is 0 Å². The van der Waals surface area contributed by atoms with Gasteiger partial charge in [0.15, 0.2) is 5.82 Å². The maximum absolute atomic E-state index is 5.82. The minimum atomic E-state index is 0.716. The van der Waals surface area contributed by atoms with Crippen LogP contribution in [0, 0.1) is 5.92 Å². The first-order valence-electron chi connectivity index (χ1n) is 10.3. The van der Waals surface area contributed by atoms with Gasteiger partial charge in [0.05, 0.1) is 6.61 Å². The van der Waals surface area contributed by atoms with Crippen molar-refractivity contribution in [2.24, 2.45) is 5.92 Å². The minimum Gasteiger partial charge on any atom is -0.494 e. The van der Waals surface area contributed by atoms with E-state index in [-0.39, 0.29) is 0 Å². The summed E-state index contributed by atoms with van der Waals surface area (Å²) in [5.41, 5.74) is 2.27. The molecule has 1 aromatic carbocycles. The van der Waals surface area contributed by atoms with Gasteiger partial charge in [-0.3, -0.25) is 0 Å². The lowest BCUT2D eigenvalue weighted by molar-refractivity contribution is 0.282. The number of aryl methyl sites for hydroxylation is 1. The van der Waals surface area contributed by atoms with Gasteiger partial charge in [-0.05, 0) is 55.0 Å². The Hall–Kier alpha value is -1.90. The third-order valence-corrected chi connectivity index (χ3v) is 4.96. The molecular formula is C23H34N2O. The van der Waals surface area contributed by atoms with E-state index in [9.17, 15) is 0 Å². The summed E-state index contributed by atoms with van der Waals surface area (Å²) in [6.07, 6.45) is 13.8. The largest absolute Gasteiger partial charge is 0.494 e. The van der Waals surface area contributed by atoms with Gasteiger partial charge in [-0.2, -0.15) is 0 Å². The first-order chi connectivity index (χ1) is 12.7. The SMILES string of the molecule is CCCCCCCc1cnc(-c2ccc(OCC[C@@H](C)CC)cc2)nc1. The summed E-state index contributed by atoms with van der Waals surface area (Å²) >= 11 is 0. The van der Waals surface area contributed by atoms with Crippen LogP contribution in [0.5, 0.6) is 5.75 Å². The van der Waals surface area contributed by atoms with Crippen LogP contribution in [0.3, 0.4) is 0 Å². The molecule has 0 aliphatic heterocycles. The van der Waals surface area contributed by atoms with Gasteiger partial charge in [-0.15, -0.1) is 0 Å². The number of hydrogen-bond acceptors (Lipinski definition) is 3. The summed E-state index contributed by atoms with van der Waals surface area (Å²) < 4.78 is 5.82. The second kappa shape index (κ2) is 11.7. The van der Waals surface area contributed by atoms with Crippen molar-refractivity contribution in [2.45, 2.75) is 72.1 Å². The molecule has 1 heterocycles. The minimum absolute atomic E-state index is 0.716. The lowest BCUT2D eigenvalue weighted by Gasteiger charge is -2.10. The van der Waals surface area contributed by atoms with Crippen molar-refractivity contribution in [3.63, 3.8) is 0 Å². The average molecular weight is 355 g/mol. The predicted octanol–water partition coefficient (Wildman–Crippen LogP) is 6.47. The fraction of sp³-hybridized carbons (Fsp3) is 0.565. The van der Waals surface area contributed by atoms with Crippen LogP contribution < -0.4 is 4.74 Å². The van der Waals surface area contributed by atoms with Crippen LogP contribution in [0.2, 0.25) is 0 Å². The lowest BCUT2D eigenvalue weighted by Crippen LogP contribution is -2.03. The van der Waals surface area contributed by atoms with E-state index in [1.54, 1.807) is 0 Å². The van der Waals surface area contributed by atoms with E-state index in [1.807, 2.05) is 36.7 Å². The molecule has 0 aliphatic carbocycles. The highest BCUT2D eigenvalue weighted by Crippen LogP contribution is 2.20. The number of benzene rings is 1. The van der Waals surface area contributed by atoms with Gasteiger partial charge in [0.1, 0.15) is 5.75 Å². The molecule has 0 saturated carbocycles. The van der Waals surface area contributed by atoms with Gasteiger partial charge < -0.3 is 4.74 Å². The molecule has 0 radical (unpaired) electrons.